The van der Waals surface area contributed by atoms with Gasteiger partial charge in [0.15, 0.2) is 11.5 Å². The van der Waals surface area contributed by atoms with E-state index in [9.17, 15) is 4.79 Å². The normalized spacial score (nSPS) is 11.7. The van der Waals surface area contributed by atoms with Crippen LogP contribution in [-0.2, 0) is 0 Å². The predicted octanol–water partition coefficient (Wildman–Crippen LogP) is 0.369. The Morgan fingerprint density at radius 3 is 2.73 bits per heavy atom. The van der Waals surface area contributed by atoms with Crippen LogP contribution in [0.4, 0.5) is 0 Å². The molecule has 0 amide bonds. The van der Waals surface area contributed by atoms with Gasteiger partial charge in [-0.3, -0.25) is 9.89 Å². The van der Waals surface area contributed by atoms with E-state index in [2.05, 4.69) is 32.3 Å². The zero-order valence-corrected chi connectivity index (χ0v) is 15.0. The standard InChI is InChI=1S/C16H17ClN6O3/c1-4-25-13-8-10(7-12(17)14(13)26-5-2)6-11-9(3)20-23(15(11)24)16-18-21-22-19-16/h6-8,20H,3-5H2,1-2H3,(H,18,19,21,22)/b11-6-. The number of nitrogens with one attached hydrogen (secondary N) is 2. The number of nitrogens with zero attached hydrogens (tertiary/aromatic N) is 4. The molecular weight excluding hydrogens is 360 g/mol. The average molecular weight is 377 g/mol. The van der Waals surface area contributed by atoms with E-state index in [-0.39, 0.29) is 11.5 Å². The Hall–Kier alpha value is -3.07. The van der Waals surface area contributed by atoms with E-state index in [1.54, 1.807) is 18.2 Å². The van der Waals surface area contributed by atoms with Gasteiger partial charge in [0.1, 0.15) is 0 Å². The third-order valence-electron chi connectivity index (χ3n) is 3.47. The summed E-state index contributed by atoms with van der Waals surface area (Å²) in [5.74, 6) is 1.08. The first-order valence-corrected chi connectivity index (χ1v) is 8.27. The number of aromatic amines is 2. The fourth-order valence-electron chi connectivity index (χ4n) is 2.42. The number of hydrogen-bond donors (Lipinski definition) is 2. The molecule has 0 spiro atoms. The molecule has 0 atom stereocenters. The van der Waals surface area contributed by atoms with Gasteiger partial charge in [-0.25, -0.2) is 0 Å². The molecule has 3 rings (SSSR count). The first-order valence-electron chi connectivity index (χ1n) is 7.89. The SMILES string of the molecule is C=c1[nH]n(-c2nn[nH]n2)c(=O)/c1=C\c1cc(Cl)c(OCC)c(OCC)c1. The van der Waals surface area contributed by atoms with Crippen LogP contribution in [0.15, 0.2) is 16.9 Å². The fourth-order valence-corrected chi connectivity index (χ4v) is 2.70. The van der Waals surface area contributed by atoms with E-state index in [1.807, 2.05) is 13.8 Å². The minimum atomic E-state index is -0.362. The quantitative estimate of drug-likeness (QED) is 0.643. The number of ether oxygens (including phenoxy) is 2. The van der Waals surface area contributed by atoms with Crippen LogP contribution >= 0.6 is 11.6 Å². The highest BCUT2D eigenvalue weighted by Gasteiger charge is 2.13. The Balaban J connectivity index is 2.14. The average Bonchev–Trinajstić information content (AvgIpc) is 3.22. The Bertz CT molecular complexity index is 1070. The highest BCUT2D eigenvalue weighted by molar-refractivity contribution is 6.32. The fraction of sp³-hybridized carbons (Fsp3) is 0.250. The van der Waals surface area contributed by atoms with Crippen molar-refractivity contribution in [1.82, 2.24) is 30.4 Å². The second kappa shape index (κ2) is 7.44. The summed E-state index contributed by atoms with van der Waals surface area (Å²) in [5.41, 5.74) is 0.308. The molecule has 0 aliphatic heterocycles. The lowest BCUT2D eigenvalue weighted by molar-refractivity contribution is 0.288. The highest BCUT2D eigenvalue weighted by Crippen LogP contribution is 2.36. The third-order valence-corrected chi connectivity index (χ3v) is 3.75. The molecule has 0 radical (unpaired) electrons. The van der Waals surface area contributed by atoms with Crippen molar-refractivity contribution in [2.24, 2.45) is 0 Å². The Kier molecular flexibility index (Phi) is 5.08. The van der Waals surface area contributed by atoms with Crippen LogP contribution in [0, 0.1) is 0 Å². The number of rotatable bonds is 6. The van der Waals surface area contributed by atoms with Crippen molar-refractivity contribution >= 4 is 24.3 Å². The number of aromatic nitrogens is 6. The first kappa shape index (κ1) is 17.7. The minimum absolute atomic E-state index is 0.0966. The maximum absolute atomic E-state index is 12.6. The van der Waals surface area contributed by atoms with Gasteiger partial charge in [0.2, 0.25) is 0 Å². The lowest BCUT2D eigenvalue weighted by Gasteiger charge is -2.13. The number of hydrogen-bond acceptors (Lipinski definition) is 6. The van der Waals surface area contributed by atoms with Crippen LogP contribution in [0.25, 0.3) is 18.6 Å². The van der Waals surface area contributed by atoms with Crippen LogP contribution in [0.3, 0.4) is 0 Å². The minimum Gasteiger partial charge on any atom is -0.490 e. The van der Waals surface area contributed by atoms with E-state index >= 15 is 0 Å². The summed E-state index contributed by atoms with van der Waals surface area (Å²) in [6, 6.07) is 3.45. The zero-order valence-electron chi connectivity index (χ0n) is 14.2. The van der Waals surface area contributed by atoms with Gasteiger partial charge in [-0.1, -0.05) is 23.3 Å². The van der Waals surface area contributed by atoms with E-state index in [0.29, 0.717) is 45.9 Å². The van der Waals surface area contributed by atoms with Crippen molar-refractivity contribution in [3.8, 4) is 17.4 Å². The Labute approximate surface area is 152 Å². The Morgan fingerprint density at radius 2 is 2.08 bits per heavy atom. The maximum atomic E-state index is 12.6. The van der Waals surface area contributed by atoms with Gasteiger partial charge in [-0.15, -0.1) is 5.10 Å². The van der Waals surface area contributed by atoms with E-state index < -0.39 is 0 Å². The number of tetrazole rings is 1. The number of H-pyrrole nitrogens is 2. The Morgan fingerprint density at radius 1 is 1.31 bits per heavy atom. The maximum Gasteiger partial charge on any atom is 0.291 e. The van der Waals surface area contributed by atoms with Crippen LogP contribution in [-0.4, -0.2) is 43.6 Å². The van der Waals surface area contributed by atoms with Crippen LogP contribution < -0.4 is 25.6 Å². The molecular formula is C16H17ClN6O3. The summed E-state index contributed by atoms with van der Waals surface area (Å²) >= 11 is 6.32. The molecule has 2 aromatic heterocycles. The molecule has 10 heteroatoms. The summed E-state index contributed by atoms with van der Waals surface area (Å²) in [4.78, 5) is 12.6. The smallest absolute Gasteiger partial charge is 0.291 e. The molecule has 0 aliphatic carbocycles. The summed E-state index contributed by atoms with van der Waals surface area (Å²) in [5, 5.41) is 17.2. The van der Waals surface area contributed by atoms with Gasteiger partial charge in [-0.05, 0) is 42.8 Å². The van der Waals surface area contributed by atoms with Gasteiger partial charge >= 0.3 is 0 Å². The number of benzene rings is 1. The topological polar surface area (TPSA) is 111 Å². The van der Waals surface area contributed by atoms with Crippen molar-refractivity contribution in [2.45, 2.75) is 13.8 Å². The third kappa shape index (κ3) is 3.33. The van der Waals surface area contributed by atoms with Gasteiger partial charge in [0, 0.05) is 0 Å². The molecule has 0 unspecified atom stereocenters. The summed E-state index contributed by atoms with van der Waals surface area (Å²) < 4.78 is 12.3. The lowest BCUT2D eigenvalue weighted by atomic mass is 10.1. The van der Waals surface area contributed by atoms with E-state index in [1.165, 1.54) is 0 Å². The molecule has 26 heavy (non-hydrogen) atoms. The first-order chi connectivity index (χ1) is 12.5. The monoisotopic (exact) mass is 376 g/mol. The molecule has 0 saturated carbocycles. The summed E-state index contributed by atoms with van der Waals surface area (Å²) in [6.45, 7) is 8.49. The highest BCUT2D eigenvalue weighted by atomic mass is 35.5. The van der Waals surface area contributed by atoms with Crippen molar-refractivity contribution in [2.75, 3.05) is 13.2 Å². The second-order valence-corrected chi connectivity index (χ2v) is 5.60. The molecule has 0 bridgehead atoms. The molecule has 0 aliphatic rings. The van der Waals surface area contributed by atoms with Crippen LogP contribution in [0.2, 0.25) is 5.02 Å². The lowest BCUT2D eigenvalue weighted by Crippen LogP contribution is -2.34. The largest absolute Gasteiger partial charge is 0.490 e. The van der Waals surface area contributed by atoms with E-state index in [4.69, 9.17) is 21.1 Å². The van der Waals surface area contributed by atoms with Gasteiger partial charge in [0.25, 0.3) is 11.5 Å². The van der Waals surface area contributed by atoms with E-state index in [0.717, 1.165) is 4.68 Å². The predicted molar refractivity (Wildman–Crippen MR) is 96.3 cm³/mol. The van der Waals surface area contributed by atoms with Crippen molar-refractivity contribution in [1.29, 1.82) is 0 Å². The molecule has 0 saturated heterocycles. The van der Waals surface area contributed by atoms with Crippen molar-refractivity contribution in [3.63, 3.8) is 0 Å². The summed E-state index contributed by atoms with van der Waals surface area (Å²) in [6.07, 6.45) is 1.65. The molecule has 9 nitrogen and oxygen atoms in total. The van der Waals surface area contributed by atoms with Crippen LogP contribution in [0.5, 0.6) is 11.5 Å². The van der Waals surface area contributed by atoms with Crippen molar-refractivity contribution in [3.05, 3.63) is 43.6 Å². The molecule has 2 N–H and O–H groups in total. The zero-order chi connectivity index (χ0) is 18.7. The van der Waals surface area contributed by atoms with Crippen LogP contribution in [0.1, 0.15) is 19.4 Å². The van der Waals surface area contributed by atoms with Gasteiger partial charge in [-0.2, -0.15) is 9.90 Å². The molecule has 3 aromatic rings. The molecule has 1 aromatic carbocycles. The van der Waals surface area contributed by atoms with Crippen molar-refractivity contribution < 1.29 is 9.47 Å². The number of halogens is 1. The molecule has 2 heterocycles. The molecule has 0 fully saturated rings. The second-order valence-electron chi connectivity index (χ2n) is 5.20. The molecule has 136 valence electrons. The van der Waals surface area contributed by atoms with Gasteiger partial charge in [0.05, 0.1) is 28.8 Å². The summed E-state index contributed by atoms with van der Waals surface area (Å²) in [7, 11) is 0. The van der Waals surface area contributed by atoms with Gasteiger partial charge < -0.3 is 9.47 Å².